The van der Waals surface area contributed by atoms with Crippen LogP contribution in [0.5, 0.6) is 0 Å². The van der Waals surface area contributed by atoms with Crippen LogP contribution in [0.25, 0.3) is 0 Å². The number of thioether (sulfide) groups is 1. The van der Waals surface area contributed by atoms with Crippen LogP contribution in [0, 0.1) is 13.8 Å². The van der Waals surface area contributed by atoms with Crippen LogP contribution in [0.15, 0.2) is 82.1 Å². The zero-order valence-corrected chi connectivity index (χ0v) is 19.4. The molecule has 0 saturated carbocycles. The summed E-state index contributed by atoms with van der Waals surface area (Å²) in [6.07, 6.45) is 0. The van der Waals surface area contributed by atoms with Crippen molar-refractivity contribution in [3.05, 3.63) is 89.5 Å². The number of amidine groups is 1. The Labute approximate surface area is 192 Å². The van der Waals surface area contributed by atoms with E-state index >= 15 is 0 Å². The maximum absolute atomic E-state index is 12.8. The molecule has 0 unspecified atom stereocenters. The molecule has 0 atom stereocenters. The molecule has 3 aromatic rings. The van der Waals surface area contributed by atoms with Crippen molar-refractivity contribution >= 4 is 44.2 Å². The summed E-state index contributed by atoms with van der Waals surface area (Å²) in [5.41, 5.74) is 4.51. The third-order valence-corrected chi connectivity index (χ3v) is 7.58. The van der Waals surface area contributed by atoms with Crippen LogP contribution in [0.3, 0.4) is 0 Å². The molecular weight excluding hydrogens is 442 g/mol. The van der Waals surface area contributed by atoms with Gasteiger partial charge in [-0.2, -0.15) is 8.42 Å². The first kappa shape index (κ1) is 22.1. The molecule has 0 bridgehead atoms. The number of aryl methyl sites for hydroxylation is 2. The fourth-order valence-corrected chi connectivity index (χ4v) is 5.62. The Hall–Kier alpha value is -3.10. The van der Waals surface area contributed by atoms with Gasteiger partial charge in [-0.1, -0.05) is 60.3 Å². The van der Waals surface area contributed by atoms with Crippen LogP contribution in [0.2, 0.25) is 0 Å². The number of carbonyl (C=O) groups is 1. The highest BCUT2D eigenvalue weighted by Gasteiger charge is 2.31. The van der Waals surface area contributed by atoms with E-state index in [9.17, 15) is 13.2 Å². The normalized spacial score (nSPS) is 14.4. The highest BCUT2D eigenvalue weighted by atomic mass is 32.2. The maximum atomic E-state index is 12.8. The van der Waals surface area contributed by atoms with Gasteiger partial charge >= 0.3 is 0 Å². The lowest BCUT2D eigenvalue weighted by Gasteiger charge is -2.30. The quantitative estimate of drug-likeness (QED) is 0.589. The standard InChI is InChI=1S/C24H23N3O3S2/c1-17-12-13-20(14-18(17)2)25-23(28)16-31-24-26-32(29,30)22-11-7-6-10-21(22)27(24)15-19-8-4-3-5-9-19/h3-14H,15-16H2,1-2H3,(H,25,28). The van der Waals surface area contributed by atoms with Crippen LogP contribution in [0.4, 0.5) is 11.4 Å². The Morgan fingerprint density at radius 3 is 2.44 bits per heavy atom. The average Bonchev–Trinajstić information content (AvgIpc) is 2.78. The lowest BCUT2D eigenvalue weighted by molar-refractivity contribution is -0.113. The molecule has 3 aromatic carbocycles. The number of sulfonamides is 1. The van der Waals surface area contributed by atoms with Gasteiger partial charge in [0.1, 0.15) is 4.90 Å². The van der Waals surface area contributed by atoms with Crippen LogP contribution in [-0.4, -0.2) is 25.2 Å². The molecule has 0 aromatic heterocycles. The van der Waals surface area contributed by atoms with E-state index in [-0.39, 0.29) is 21.7 Å². The van der Waals surface area contributed by atoms with E-state index in [2.05, 4.69) is 9.71 Å². The van der Waals surface area contributed by atoms with Gasteiger partial charge in [0.2, 0.25) is 5.91 Å². The number of hydrogen-bond acceptors (Lipinski definition) is 5. The van der Waals surface area contributed by atoms with Gasteiger partial charge in [-0.05, 0) is 54.8 Å². The van der Waals surface area contributed by atoms with E-state index < -0.39 is 10.0 Å². The second kappa shape index (κ2) is 9.18. The zero-order valence-electron chi connectivity index (χ0n) is 17.8. The van der Waals surface area contributed by atoms with E-state index in [1.165, 1.54) is 0 Å². The third kappa shape index (κ3) is 4.87. The van der Waals surface area contributed by atoms with Gasteiger partial charge in [-0.15, -0.1) is 4.40 Å². The molecule has 4 rings (SSSR count). The van der Waals surface area contributed by atoms with Crippen molar-refractivity contribution in [1.82, 2.24) is 0 Å². The number of anilines is 2. The molecule has 1 N–H and O–H groups in total. The summed E-state index contributed by atoms with van der Waals surface area (Å²) in [6, 6.07) is 22.3. The number of rotatable bonds is 5. The lowest BCUT2D eigenvalue weighted by atomic mass is 10.1. The number of hydrogen-bond donors (Lipinski definition) is 1. The van der Waals surface area contributed by atoms with Crippen molar-refractivity contribution < 1.29 is 13.2 Å². The molecular formula is C24H23N3O3S2. The number of benzene rings is 3. The second-order valence-electron chi connectivity index (χ2n) is 7.52. The van der Waals surface area contributed by atoms with E-state index in [0.717, 1.165) is 28.5 Å². The summed E-state index contributed by atoms with van der Waals surface area (Å²) in [7, 11) is -3.84. The number of nitrogens with zero attached hydrogens (tertiary/aromatic N) is 2. The van der Waals surface area contributed by atoms with Gasteiger partial charge in [-0.25, -0.2) is 0 Å². The predicted molar refractivity (Wildman–Crippen MR) is 131 cm³/mol. The van der Waals surface area contributed by atoms with Gasteiger partial charge in [0.15, 0.2) is 5.17 Å². The summed E-state index contributed by atoms with van der Waals surface area (Å²) in [5.74, 6) is -0.189. The topological polar surface area (TPSA) is 78.8 Å². The number of nitrogens with one attached hydrogen (secondary N) is 1. The Morgan fingerprint density at radius 2 is 1.69 bits per heavy atom. The molecule has 0 spiro atoms. The van der Waals surface area contributed by atoms with E-state index in [1.807, 2.05) is 67.3 Å². The van der Waals surface area contributed by atoms with Crippen molar-refractivity contribution in [1.29, 1.82) is 0 Å². The monoisotopic (exact) mass is 465 g/mol. The molecule has 1 aliphatic rings. The molecule has 1 heterocycles. The molecule has 0 aliphatic carbocycles. The first-order valence-corrected chi connectivity index (χ1v) is 12.5. The third-order valence-electron chi connectivity index (χ3n) is 5.17. The van der Waals surface area contributed by atoms with Crippen molar-refractivity contribution in [2.45, 2.75) is 25.3 Å². The second-order valence-corrected chi connectivity index (χ2v) is 10.0. The van der Waals surface area contributed by atoms with Gasteiger partial charge < -0.3 is 10.2 Å². The van der Waals surface area contributed by atoms with Crippen LogP contribution >= 0.6 is 11.8 Å². The number of amides is 1. The summed E-state index contributed by atoms with van der Waals surface area (Å²) in [4.78, 5) is 14.6. The SMILES string of the molecule is Cc1ccc(NC(=O)CSC2=NS(=O)(=O)c3ccccc3N2Cc2ccccc2)cc1C. The van der Waals surface area contributed by atoms with Gasteiger partial charge in [0, 0.05) is 5.69 Å². The molecule has 0 saturated heterocycles. The van der Waals surface area contributed by atoms with Crippen molar-refractivity contribution in [2.24, 2.45) is 4.40 Å². The van der Waals surface area contributed by atoms with Gasteiger partial charge in [0.05, 0.1) is 18.0 Å². The maximum Gasteiger partial charge on any atom is 0.286 e. The highest BCUT2D eigenvalue weighted by Crippen LogP contribution is 2.35. The summed E-state index contributed by atoms with van der Waals surface area (Å²) < 4.78 is 29.6. The van der Waals surface area contributed by atoms with E-state index in [4.69, 9.17) is 0 Å². The average molecular weight is 466 g/mol. The molecule has 1 aliphatic heterocycles. The first-order valence-electron chi connectivity index (χ1n) is 10.1. The summed E-state index contributed by atoms with van der Waals surface area (Å²) in [5, 5.41) is 3.15. The first-order chi connectivity index (χ1) is 15.3. The molecule has 164 valence electrons. The van der Waals surface area contributed by atoms with Gasteiger partial charge in [-0.3, -0.25) is 4.79 Å². The molecule has 8 heteroatoms. The largest absolute Gasteiger partial charge is 0.325 e. The van der Waals surface area contributed by atoms with Crippen LogP contribution in [-0.2, 0) is 21.4 Å². The van der Waals surface area contributed by atoms with Crippen LogP contribution < -0.4 is 10.2 Å². The number of fused-ring (bicyclic) bond motifs is 1. The Kier molecular flexibility index (Phi) is 6.34. The fraction of sp³-hybridized carbons (Fsp3) is 0.167. The Bertz CT molecular complexity index is 1290. The Balaban J connectivity index is 1.56. The molecule has 1 amide bonds. The van der Waals surface area contributed by atoms with E-state index in [0.29, 0.717) is 17.9 Å². The fourth-order valence-electron chi connectivity index (χ4n) is 3.37. The van der Waals surface area contributed by atoms with Gasteiger partial charge in [0.25, 0.3) is 10.0 Å². The zero-order chi connectivity index (χ0) is 22.7. The van der Waals surface area contributed by atoms with Crippen molar-refractivity contribution in [3.8, 4) is 0 Å². The summed E-state index contributed by atoms with van der Waals surface area (Å²) in [6.45, 7) is 4.44. The molecule has 32 heavy (non-hydrogen) atoms. The molecule has 6 nitrogen and oxygen atoms in total. The number of para-hydroxylation sites is 1. The minimum absolute atomic E-state index is 0.0364. The van der Waals surface area contributed by atoms with Crippen molar-refractivity contribution in [3.63, 3.8) is 0 Å². The lowest BCUT2D eigenvalue weighted by Crippen LogP contribution is -2.34. The van der Waals surface area contributed by atoms with Crippen molar-refractivity contribution in [2.75, 3.05) is 16.0 Å². The van der Waals surface area contributed by atoms with E-state index in [1.54, 1.807) is 24.3 Å². The minimum Gasteiger partial charge on any atom is -0.325 e. The molecule has 0 fully saturated rings. The highest BCUT2D eigenvalue weighted by molar-refractivity contribution is 8.15. The van der Waals surface area contributed by atoms with Crippen LogP contribution in [0.1, 0.15) is 16.7 Å². The molecule has 0 radical (unpaired) electrons. The Morgan fingerprint density at radius 1 is 0.969 bits per heavy atom. The smallest absolute Gasteiger partial charge is 0.286 e. The summed E-state index contributed by atoms with van der Waals surface area (Å²) >= 11 is 1.11. The number of carbonyl (C=O) groups excluding carboxylic acids is 1. The minimum atomic E-state index is -3.84. The predicted octanol–water partition coefficient (Wildman–Crippen LogP) is 4.74.